The molecule has 4 N–H and O–H groups in total. The summed E-state index contributed by atoms with van der Waals surface area (Å²) in [5.41, 5.74) is 4.88. The van der Waals surface area contributed by atoms with Crippen LogP contribution in [0.15, 0.2) is 30.3 Å². The molecule has 5 nitrogen and oxygen atoms in total. The van der Waals surface area contributed by atoms with Crippen molar-refractivity contribution in [3.8, 4) is 0 Å². The summed E-state index contributed by atoms with van der Waals surface area (Å²) < 4.78 is 0. The summed E-state index contributed by atoms with van der Waals surface area (Å²) in [5, 5.41) is 13.4. The molecule has 2 amide bonds. The maximum absolute atomic E-state index is 12.1. The van der Waals surface area contributed by atoms with Gasteiger partial charge in [0.1, 0.15) is 0 Å². The van der Waals surface area contributed by atoms with E-state index in [0.717, 1.165) is 31.2 Å². The molecule has 1 aliphatic rings. The number of hydrogen-bond acceptors (Lipinski definition) is 3. The van der Waals surface area contributed by atoms with Crippen LogP contribution in [0.5, 0.6) is 0 Å². The highest BCUT2D eigenvalue weighted by Crippen LogP contribution is 2.28. The van der Waals surface area contributed by atoms with Crippen molar-refractivity contribution in [1.82, 2.24) is 5.32 Å². The molecule has 1 atom stereocenters. The van der Waals surface area contributed by atoms with E-state index in [1.165, 1.54) is 0 Å². The van der Waals surface area contributed by atoms with E-state index in [9.17, 15) is 14.7 Å². The zero-order chi connectivity index (χ0) is 16.9. The number of nitrogens with one attached hydrogen (secondary N) is 1. The van der Waals surface area contributed by atoms with Gasteiger partial charge >= 0.3 is 0 Å². The van der Waals surface area contributed by atoms with Crippen molar-refractivity contribution in [1.29, 1.82) is 0 Å². The normalized spacial score (nSPS) is 23.7. The first-order chi connectivity index (χ1) is 10.9. The van der Waals surface area contributed by atoms with Crippen LogP contribution in [-0.4, -0.2) is 23.5 Å². The van der Waals surface area contributed by atoms with E-state index in [4.69, 9.17) is 5.73 Å². The maximum Gasteiger partial charge on any atom is 0.223 e. The Morgan fingerprint density at radius 1 is 1.22 bits per heavy atom. The molecule has 0 spiro atoms. The topological polar surface area (TPSA) is 92.4 Å². The summed E-state index contributed by atoms with van der Waals surface area (Å²) in [6, 6.07) is 9.20. The fourth-order valence-corrected chi connectivity index (χ4v) is 3.18. The lowest BCUT2D eigenvalue weighted by Crippen LogP contribution is -2.37. The van der Waals surface area contributed by atoms with Crippen LogP contribution in [0.2, 0.25) is 0 Å². The Hall–Kier alpha value is -1.88. The fraction of sp³-hybridized carbons (Fsp3) is 0.556. The average Bonchev–Trinajstić information content (AvgIpc) is 2.54. The molecule has 5 heteroatoms. The van der Waals surface area contributed by atoms with Gasteiger partial charge in [-0.15, -0.1) is 0 Å². The monoisotopic (exact) mass is 318 g/mol. The summed E-state index contributed by atoms with van der Waals surface area (Å²) in [6.45, 7) is 2.25. The number of benzene rings is 1. The van der Waals surface area contributed by atoms with E-state index in [-0.39, 0.29) is 24.2 Å². The zero-order valence-corrected chi connectivity index (χ0v) is 13.6. The molecule has 1 aromatic rings. The predicted octanol–water partition coefficient (Wildman–Crippen LogP) is 1.69. The van der Waals surface area contributed by atoms with Crippen LogP contribution < -0.4 is 11.1 Å². The highest BCUT2D eigenvalue weighted by atomic mass is 16.3. The van der Waals surface area contributed by atoms with Crippen molar-refractivity contribution in [3.63, 3.8) is 0 Å². The highest BCUT2D eigenvalue weighted by molar-refractivity contribution is 5.77. The molecule has 0 radical (unpaired) electrons. The Kier molecular flexibility index (Phi) is 5.77. The molecule has 0 heterocycles. The lowest BCUT2D eigenvalue weighted by molar-refractivity contribution is -0.126. The Balaban J connectivity index is 1.76. The lowest BCUT2D eigenvalue weighted by atomic mass is 9.81. The first kappa shape index (κ1) is 17.5. The minimum Gasteiger partial charge on any atom is -0.385 e. The Morgan fingerprint density at radius 3 is 2.39 bits per heavy atom. The van der Waals surface area contributed by atoms with E-state index in [0.29, 0.717) is 12.5 Å². The molecule has 1 aliphatic carbocycles. The Morgan fingerprint density at radius 2 is 1.83 bits per heavy atom. The third-order valence-corrected chi connectivity index (χ3v) is 4.74. The van der Waals surface area contributed by atoms with Gasteiger partial charge in [0, 0.05) is 12.5 Å². The van der Waals surface area contributed by atoms with E-state index in [2.05, 4.69) is 5.32 Å². The molecule has 0 bridgehead atoms. The minimum absolute atomic E-state index is 0.0132. The van der Waals surface area contributed by atoms with Gasteiger partial charge in [-0.05, 0) is 44.1 Å². The zero-order valence-electron chi connectivity index (χ0n) is 13.6. The number of hydrogen-bond donors (Lipinski definition) is 3. The van der Waals surface area contributed by atoms with Crippen molar-refractivity contribution in [2.75, 3.05) is 6.54 Å². The standard InChI is InChI=1S/C18H26N2O3/c1-18(23,15-5-3-2-4-6-15)11-16(21)20-12-13-7-9-14(10-8-13)17(19)22/h2-6,13-14,23H,7-12H2,1H3,(H2,19,22)(H,20,21). The maximum atomic E-state index is 12.1. The van der Waals surface area contributed by atoms with Gasteiger partial charge < -0.3 is 16.2 Å². The van der Waals surface area contributed by atoms with Crippen LogP contribution in [0.25, 0.3) is 0 Å². The second-order valence-electron chi connectivity index (χ2n) is 6.74. The smallest absolute Gasteiger partial charge is 0.223 e. The largest absolute Gasteiger partial charge is 0.385 e. The summed E-state index contributed by atoms with van der Waals surface area (Å²) >= 11 is 0. The third kappa shape index (κ3) is 5.06. The van der Waals surface area contributed by atoms with Gasteiger partial charge in [0.05, 0.1) is 12.0 Å². The van der Waals surface area contributed by atoms with Crippen molar-refractivity contribution < 1.29 is 14.7 Å². The van der Waals surface area contributed by atoms with Gasteiger partial charge in [0.25, 0.3) is 0 Å². The molecular weight excluding hydrogens is 292 g/mol. The molecular formula is C18H26N2O3. The Labute approximate surface area is 137 Å². The van der Waals surface area contributed by atoms with Gasteiger partial charge in [0.15, 0.2) is 0 Å². The fourth-order valence-electron chi connectivity index (χ4n) is 3.18. The predicted molar refractivity (Wildman–Crippen MR) is 88.3 cm³/mol. The number of nitrogens with two attached hydrogens (primary N) is 1. The van der Waals surface area contributed by atoms with Crippen LogP contribution in [0.3, 0.4) is 0 Å². The SMILES string of the molecule is CC(O)(CC(=O)NCC1CCC(C(N)=O)CC1)c1ccccc1. The molecule has 1 saturated carbocycles. The van der Waals surface area contributed by atoms with Gasteiger partial charge in [-0.25, -0.2) is 0 Å². The molecule has 1 fully saturated rings. The van der Waals surface area contributed by atoms with Gasteiger partial charge in [-0.1, -0.05) is 30.3 Å². The summed E-state index contributed by atoms with van der Waals surface area (Å²) in [7, 11) is 0. The van der Waals surface area contributed by atoms with Gasteiger partial charge in [0.2, 0.25) is 11.8 Å². The van der Waals surface area contributed by atoms with Gasteiger partial charge in [-0.2, -0.15) is 0 Å². The number of primary amides is 1. The number of carbonyl (C=O) groups is 2. The van der Waals surface area contributed by atoms with Gasteiger partial charge in [-0.3, -0.25) is 9.59 Å². The summed E-state index contributed by atoms with van der Waals surface area (Å²) in [5.74, 6) is -0.000684. The highest BCUT2D eigenvalue weighted by Gasteiger charge is 2.28. The first-order valence-corrected chi connectivity index (χ1v) is 8.22. The lowest BCUT2D eigenvalue weighted by Gasteiger charge is -2.27. The molecule has 1 aromatic carbocycles. The average molecular weight is 318 g/mol. The van der Waals surface area contributed by atoms with Crippen LogP contribution in [-0.2, 0) is 15.2 Å². The number of amides is 2. The molecule has 2 rings (SSSR count). The minimum atomic E-state index is -1.17. The molecule has 0 saturated heterocycles. The Bertz CT molecular complexity index is 534. The van der Waals surface area contributed by atoms with E-state index in [1.54, 1.807) is 6.92 Å². The van der Waals surface area contributed by atoms with Crippen molar-refractivity contribution >= 4 is 11.8 Å². The molecule has 0 aromatic heterocycles. The van der Waals surface area contributed by atoms with Crippen LogP contribution in [0.1, 0.15) is 44.6 Å². The van der Waals surface area contributed by atoms with Crippen LogP contribution in [0, 0.1) is 11.8 Å². The number of aliphatic hydroxyl groups is 1. The first-order valence-electron chi connectivity index (χ1n) is 8.22. The third-order valence-electron chi connectivity index (χ3n) is 4.74. The summed E-state index contributed by atoms with van der Waals surface area (Å²) in [6.07, 6.45) is 3.45. The van der Waals surface area contributed by atoms with E-state index < -0.39 is 5.60 Å². The second-order valence-corrected chi connectivity index (χ2v) is 6.74. The van der Waals surface area contributed by atoms with Crippen molar-refractivity contribution in [3.05, 3.63) is 35.9 Å². The van der Waals surface area contributed by atoms with Crippen molar-refractivity contribution in [2.45, 2.75) is 44.6 Å². The molecule has 23 heavy (non-hydrogen) atoms. The second kappa shape index (κ2) is 7.59. The van der Waals surface area contributed by atoms with E-state index in [1.807, 2.05) is 30.3 Å². The molecule has 126 valence electrons. The van der Waals surface area contributed by atoms with Crippen molar-refractivity contribution in [2.24, 2.45) is 17.6 Å². The quantitative estimate of drug-likeness (QED) is 0.745. The number of rotatable bonds is 6. The van der Waals surface area contributed by atoms with Crippen LogP contribution in [0.4, 0.5) is 0 Å². The summed E-state index contributed by atoms with van der Waals surface area (Å²) in [4.78, 5) is 23.2. The molecule has 0 aliphatic heterocycles. The number of carbonyl (C=O) groups excluding carboxylic acids is 2. The van der Waals surface area contributed by atoms with E-state index >= 15 is 0 Å². The molecule has 1 unspecified atom stereocenters. The van der Waals surface area contributed by atoms with Crippen LogP contribution >= 0.6 is 0 Å².